The van der Waals surface area contributed by atoms with E-state index in [4.69, 9.17) is 0 Å². The summed E-state index contributed by atoms with van der Waals surface area (Å²) in [6.07, 6.45) is 4.62. The van der Waals surface area contributed by atoms with Crippen LogP contribution >= 0.6 is 0 Å². The first kappa shape index (κ1) is 11.6. The molecule has 17 heavy (non-hydrogen) atoms. The number of carbonyl (C=O) groups excluding carboxylic acids is 1. The maximum Gasteiger partial charge on any atom is 0.276 e. The third-order valence-electron chi connectivity index (χ3n) is 2.60. The van der Waals surface area contributed by atoms with Gasteiger partial charge in [-0.3, -0.25) is 9.59 Å². The minimum atomic E-state index is -0.169. The molecule has 0 aliphatic rings. The predicted molar refractivity (Wildman–Crippen MR) is 64.1 cm³/mol. The van der Waals surface area contributed by atoms with Crippen LogP contribution in [0.2, 0.25) is 0 Å². The summed E-state index contributed by atoms with van der Waals surface area (Å²) in [4.78, 5) is 23.6. The maximum atomic E-state index is 12.0. The number of hydrogen-bond donors (Lipinski definition) is 0. The Balaban J connectivity index is 2.39. The molecule has 0 bridgehead atoms. The van der Waals surface area contributed by atoms with Gasteiger partial charge in [-0.15, -0.1) is 0 Å². The van der Waals surface area contributed by atoms with Crippen molar-refractivity contribution >= 4 is 11.3 Å². The van der Waals surface area contributed by atoms with Crippen molar-refractivity contribution in [1.82, 2.24) is 14.2 Å². The molecule has 0 radical (unpaired) electrons. The van der Waals surface area contributed by atoms with Crippen LogP contribution in [0.1, 0.15) is 25.5 Å². The lowest BCUT2D eigenvalue weighted by molar-refractivity contribution is -0.119. The van der Waals surface area contributed by atoms with E-state index in [0.717, 1.165) is 12.1 Å². The minimum Gasteiger partial charge on any atom is -0.305 e. The van der Waals surface area contributed by atoms with Crippen molar-refractivity contribution in [2.24, 2.45) is 0 Å². The van der Waals surface area contributed by atoms with Crippen molar-refractivity contribution in [2.45, 2.75) is 33.2 Å². The average molecular weight is 233 g/mol. The Hall–Kier alpha value is -1.91. The van der Waals surface area contributed by atoms with Gasteiger partial charge in [0.1, 0.15) is 5.52 Å². The van der Waals surface area contributed by atoms with Crippen LogP contribution in [0, 0.1) is 6.92 Å². The van der Waals surface area contributed by atoms with Crippen LogP contribution in [-0.4, -0.2) is 20.0 Å². The lowest BCUT2D eigenvalue weighted by atomic mass is 10.2. The van der Waals surface area contributed by atoms with Gasteiger partial charge in [0.25, 0.3) is 5.56 Å². The molecule has 0 unspecified atom stereocenters. The van der Waals surface area contributed by atoms with Gasteiger partial charge in [-0.05, 0) is 19.4 Å². The quantitative estimate of drug-likeness (QED) is 0.796. The summed E-state index contributed by atoms with van der Waals surface area (Å²) in [5, 5.41) is 4.15. The van der Waals surface area contributed by atoms with Gasteiger partial charge in [-0.25, -0.2) is 4.52 Å². The number of rotatable bonds is 4. The molecule has 0 saturated carbocycles. The van der Waals surface area contributed by atoms with E-state index in [1.54, 1.807) is 23.0 Å². The Morgan fingerprint density at radius 1 is 1.41 bits per heavy atom. The standard InChI is InChI=1S/C12H15N3O2/c1-3-4-10(16)8-14-5-6-15-11(12(14)17)7-9(2)13-15/h5-7H,3-4,8H2,1-2H3. The van der Waals surface area contributed by atoms with Gasteiger partial charge in [-0.1, -0.05) is 6.92 Å². The van der Waals surface area contributed by atoms with Gasteiger partial charge in [0.2, 0.25) is 0 Å². The van der Waals surface area contributed by atoms with Crippen LogP contribution in [0.5, 0.6) is 0 Å². The second-order valence-corrected chi connectivity index (χ2v) is 4.14. The molecular weight excluding hydrogens is 218 g/mol. The summed E-state index contributed by atoms with van der Waals surface area (Å²) in [6, 6.07) is 1.73. The Kier molecular flexibility index (Phi) is 3.08. The Morgan fingerprint density at radius 3 is 2.88 bits per heavy atom. The van der Waals surface area contributed by atoms with Crippen molar-refractivity contribution < 1.29 is 4.79 Å². The van der Waals surface area contributed by atoms with Crippen LogP contribution in [-0.2, 0) is 11.3 Å². The highest BCUT2D eigenvalue weighted by molar-refractivity contribution is 5.78. The van der Waals surface area contributed by atoms with Gasteiger partial charge in [0.15, 0.2) is 5.78 Å². The lowest BCUT2D eigenvalue weighted by Gasteiger charge is -2.04. The summed E-state index contributed by atoms with van der Waals surface area (Å²) in [5.41, 5.74) is 1.13. The van der Waals surface area contributed by atoms with E-state index in [9.17, 15) is 9.59 Å². The van der Waals surface area contributed by atoms with E-state index in [1.807, 2.05) is 13.8 Å². The fourth-order valence-electron chi connectivity index (χ4n) is 1.82. The molecule has 5 nitrogen and oxygen atoms in total. The summed E-state index contributed by atoms with van der Waals surface area (Å²) in [6.45, 7) is 3.93. The van der Waals surface area contributed by atoms with Crippen LogP contribution in [0.15, 0.2) is 23.3 Å². The van der Waals surface area contributed by atoms with Gasteiger partial charge in [0.05, 0.1) is 12.2 Å². The number of hydrogen-bond acceptors (Lipinski definition) is 3. The summed E-state index contributed by atoms with van der Waals surface area (Å²) < 4.78 is 2.98. The Bertz CT molecular complexity index is 610. The Labute approximate surface area is 98.7 Å². The van der Waals surface area contributed by atoms with E-state index in [1.165, 1.54) is 4.57 Å². The van der Waals surface area contributed by atoms with Crippen LogP contribution in [0.4, 0.5) is 0 Å². The predicted octanol–water partition coefficient (Wildman–Crippen LogP) is 1.17. The molecule has 2 aromatic rings. The Morgan fingerprint density at radius 2 is 2.18 bits per heavy atom. The number of ketones is 1. The fourth-order valence-corrected chi connectivity index (χ4v) is 1.82. The van der Waals surface area contributed by atoms with E-state index in [2.05, 4.69) is 5.10 Å². The second kappa shape index (κ2) is 4.53. The van der Waals surface area contributed by atoms with Crippen LogP contribution in [0.3, 0.4) is 0 Å². The maximum absolute atomic E-state index is 12.0. The third kappa shape index (κ3) is 2.27. The topological polar surface area (TPSA) is 56.4 Å². The van der Waals surface area contributed by atoms with Crippen LogP contribution in [0.25, 0.3) is 5.52 Å². The molecule has 0 amide bonds. The van der Waals surface area contributed by atoms with Gasteiger partial charge >= 0.3 is 0 Å². The number of carbonyl (C=O) groups is 1. The fraction of sp³-hybridized carbons (Fsp3) is 0.417. The highest BCUT2D eigenvalue weighted by Crippen LogP contribution is 2.00. The number of fused-ring (bicyclic) bond motifs is 1. The molecule has 0 saturated heterocycles. The molecule has 0 aliphatic heterocycles. The average Bonchev–Trinajstić information content (AvgIpc) is 2.64. The van der Waals surface area contributed by atoms with E-state index >= 15 is 0 Å². The molecule has 0 spiro atoms. The number of nitrogens with zero attached hydrogens (tertiary/aromatic N) is 3. The molecule has 2 aromatic heterocycles. The normalized spacial score (nSPS) is 10.9. The smallest absolute Gasteiger partial charge is 0.276 e. The molecule has 90 valence electrons. The molecule has 0 fully saturated rings. The van der Waals surface area contributed by atoms with Gasteiger partial charge in [0, 0.05) is 18.8 Å². The second-order valence-electron chi connectivity index (χ2n) is 4.14. The van der Waals surface area contributed by atoms with Crippen molar-refractivity contribution in [3.8, 4) is 0 Å². The lowest BCUT2D eigenvalue weighted by Crippen LogP contribution is -2.24. The zero-order valence-electron chi connectivity index (χ0n) is 10.0. The highest BCUT2D eigenvalue weighted by Gasteiger charge is 2.08. The summed E-state index contributed by atoms with van der Waals surface area (Å²) in [7, 11) is 0. The third-order valence-corrected chi connectivity index (χ3v) is 2.60. The van der Waals surface area contributed by atoms with Crippen LogP contribution < -0.4 is 5.56 Å². The SMILES string of the molecule is CCCC(=O)Cn1ccn2nc(C)cc2c1=O. The molecule has 2 heterocycles. The highest BCUT2D eigenvalue weighted by atomic mass is 16.1. The molecule has 2 rings (SSSR count). The van der Waals surface area contributed by atoms with E-state index < -0.39 is 0 Å². The zero-order valence-corrected chi connectivity index (χ0v) is 10.0. The largest absolute Gasteiger partial charge is 0.305 e. The zero-order chi connectivity index (χ0) is 12.4. The first-order valence-electron chi connectivity index (χ1n) is 5.69. The molecular formula is C12H15N3O2. The molecule has 0 N–H and O–H groups in total. The number of aromatic nitrogens is 3. The van der Waals surface area contributed by atoms with Crippen molar-refractivity contribution in [1.29, 1.82) is 0 Å². The van der Waals surface area contributed by atoms with Gasteiger partial charge < -0.3 is 4.57 Å². The van der Waals surface area contributed by atoms with Crippen molar-refractivity contribution in [2.75, 3.05) is 0 Å². The molecule has 0 aromatic carbocycles. The van der Waals surface area contributed by atoms with Crippen molar-refractivity contribution in [3.63, 3.8) is 0 Å². The molecule has 5 heteroatoms. The summed E-state index contributed by atoms with van der Waals surface area (Å²) >= 11 is 0. The first-order chi connectivity index (χ1) is 8.11. The monoisotopic (exact) mass is 233 g/mol. The minimum absolute atomic E-state index is 0.0789. The van der Waals surface area contributed by atoms with Crippen molar-refractivity contribution in [3.05, 3.63) is 34.5 Å². The number of Topliss-reactive ketones (excluding diaryl/α,β-unsaturated/α-hetero) is 1. The molecule has 0 atom stereocenters. The molecule has 0 aliphatic carbocycles. The number of aryl methyl sites for hydroxylation is 1. The summed E-state index contributed by atoms with van der Waals surface area (Å²) in [5.74, 6) is 0.0789. The van der Waals surface area contributed by atoms with E-state index in [0.29, 0.717) is 11.9 Å². The first-order valence-corrected chi connectivity index (χ1v) is 5.69. The van der Waals surface area contributed by atoms with E-state index in [-0.39, 0.29) is 17.9 Å². The van der Waals surface area contributed by atoms with Gasteiger partial charge in [-0.2, -0.15) is 5.10 Å².